The largest absolute Gasteiger partial charge is 0.0813 e. The van der Waals surface area contributed by atoms with Gasteiger partial charge in [0.05, 0.1) is 0 Å². The molecule has 0 amide bonds. The molecule has 0 unspecified atom stereocenters. The lowest BCUT2D eigenvalue weighted by molar-refractivity contribution is 1.14. The number of rotatable bonds is 3. The Bertz CT molecular complexity index is 295. The van der Waals surface area contributed by atoms with Crippen molar-refractivity contribution in [2.75, 3.05) is 0 Å². The van der Waals surface area contributed by atoms with Crippen LogP contribution in [0.4, 0.5) is 0 Å². The smallest absolute Gasteiger partial charge is 0.0228 e. The Kier molecular flexibility index (Phi) is 3.75. The van der Waals surface area contributed by atoms with E-state index in [0.717, 1.165) is 12.8 Å². The molecule has 0 saturated carbocycles. The summed E-state index contributed by atoms with van der Waals surface area (Å²) < 4.78 is 0. The van der Waals surface area contributed by atoms with Crippen LogP contribution < -0.4 is 0 Å². The zero-order valence-corrected chi connectivity index (χ0v) is 8.80. The van der Waals surface area contributed by atoms with Gasteiger partial charge in [0, 0.05) is 0 Å². The van der Waals surface area contributed by atoms with Gasteiger partial charge in [-0.3, -0.25) is 0 Å². The van der Waals surface area contributed by atoms with Gasteiger partial charge in [-0.25, -0.2) is 0 Å². The maximum atomic E-state index is 2.28. The highest BCUT2D eigenvalue weighted by molar-refractivity contribution is 5.64. The van der Waals surface area contributed by atoms with Crippen molar-refractivity contribution in [2.45, 2.75) is 33.6 Å². The number of hydrogen-bond acceptors (Lipinski definition) is 0. The number of aryl methyl sites for hydroxylation is 1. The molecule has 0 radical (unpaired) electrons. The van der Waals surface area contributed by atoms with Gasteiger partial charge < -0.3 is 0 Å². The second kappa shape index (κ2) is 4.86. The van der Waals surface area contributed by atoms with E-state index in [1.54, 1.807) is 0 Å². The predicted octanol–water partition coefficient (Wildman–Crippen LogP) is 4.06. The SMILES string of the molecule is CC/C=C(\C)c1cccc(CC)c1. The Labute approximate surface area is 81.3 Å². The van der Waals surface area contributed by atoms with E-state index in [1.807, 2.05) is 0 Å². The second-order valence-electron chi connectivity index (χ2n) is 3.35. The minimum absolute atomic E-state index is 1.11. The van der Waals surface area contributed by atoms with Gasteiger partial charge in [-0.15, -0.1) is 0 Å². The van der Waals surface area contributed by atoms with Crippen LogP contribution in [0.5, 0.6) is 0 Å². The minimum Gasteiger partial charge on any atom is -0.0813 e. The highest BCUT2D eigenvalue weighted by Crippen LogP contribution is 2.16. The Morgan fingerprint density at radius 3 is 2.69 bits per heavy atom. The molecule has 0 spiro atoms. The lowest BCUT2D eigenvalue weighted by Gasteiger charge is -2.03. The van der Waals surface area contributed by atoms with Gasteiger partial charge in [-0.1, -0.05) is 44.2 Å². The third kappa shape index (κ3) is 2.73. The average Bonchev–Trinajstić information content (AvgIpc) is 2.18. The molecule has 1 aromatic carbocycles. The summed E-state index contributed by atoms with van der Waals surface area (Å²) in [6, 6.07) is 8.78. The summed E-state index contributed by atoms with van der Waals surface area (Å²) in [6.45, 7) is 6.55. The fourth-order valence-corrected chi connectivity index (χ4v) is 1.46. The molecule has 1 aromatic rings. The first-order valence-corrected chi connectivity index (χ1v) is 5.04. The van der Waals surface area contributed by atoms with Crippen LogP contribution >= 0.6 is 0 Å². The summed E-state index contributed by atoms with van der Waals surface area (Å²) in [5.74, 6) is 0. The van der Waals surface area contributed by atoms with Crippen LogP contribution in [-0.2, 0) is 6.42 Å². The third-order valence-corrected chi connectivity index (χ3v) is 2.30. The molecule has 1 rings (SSSR count). The van der Waals surface area contributed by atoms with Crippen molar-refractivity contribution in [2.24, 2.45) is 0 Å². The lowest BCUT2D eigenvalue weighted by Crippen LogP contribution is -1.84. The monoisotopic (exact) mass is 174 g/mol. The van der Waals surface area contributed by atoms with Crippen LogP contribution in [0.25, 0.3) is 5.57 Å². The van der Waals surface area contributed by atoms with Gasteiger partial charge in [0.2, 0.25) is 0 Å². The molecule has 0 heterocycles. The van der Waals surface area contributed by atoms with Gasteiger partial charge in [0.1, 0.15) is 0 Å². The summed E-state index contributed by atoms with van der Waals surface area (Å²) in [5.41, 5.74) is 4.17. The molecule has 13 heavy (non-hydrogen) atoms. The van der Waals surface area contributed by atoms with Gasteiger partial charge in [-0.05, 0) is 36.5 Å². The van der Waals surface area contributed by atoms with Crippen LogP contribution in [0.15, 0.2) is 30.3 Å². The van der Waals surface area contributed by atoms with Crippen LogP contribution in [0.2, 0.25) is 0 Å². The van der Waals surface area contributed by atoms with E-state index >= 15 is 0 Å². The molecule has 0 nitrogen and oxygen atoms in total. The van der Waals surface area contributed by atoms with Crippen molar-refractivity contribution in [3.63, 3.8) is 0 Å². The highest BCUT2D eigenvalue weighted by atomic mass is 14.0. The summed E-state index contributed by atoms with van der Waals surface area (Å²) in [5, 5.41) is 0. The predicted molar refractivity (Wildman–Crippen MR) is 59.8 cm³/mol. The first kappa shape index (κ1) is 10.0. The summed E-state index contributed by atoms with van der Waals surface area (Å²) in [4.78, 5) is 0. The number of hydrogen-bond donors (Lipinski definition) is 0. The third-order valence-electron chi connectivity index (χ3n) is 2.30. The summed E-state index contributed by atoms with van der Waals surface area (Å²) in [6.07, 6.45) is 4.50. The molecule has 0 saturated heterocycles. The molecular weight excluding hydrogens is 156 g/mol. The van der Waals surface area contributed by atoms with Gasteiger partial charge in [0.15, 0.2) is 0 Å². The first-order valence-electron chi connectivity index (χ1n) is 5.04. The van der Waals surface area contributed by atoms with Crippen LogP contribution in [0.3, 0.4) is 0 Å². The average molecular weight is 174 g/mol. The van der Waals surface area contributed by atoms with Crippen LogP contribution in [-0.4, -0.2) is 0 Å². The highest BCUT2D eigenvalue weighted by Gasteiger charge is 1.95. The molecule has 0 aromatic heterocycles. The van der Waals surface area contributed by atoms with Gasteiger partial charge in [0.25, 0.3) is 0 Å². The lowest BCUT2D eigenvalue weighted by atomic mass is 10.0. The Hall–Kier alpha value is -1.04. The van der Waals surface area contributed by atoms with Crippen LogP contribution in [0.1, 0.15) is 38.3 Å². The Balaban J connectivity index is 2.94. The first-order chi connectivity index (χ1) is 6.27. The zero-order valence-electron chi connectivity index (χ0n) is 8.80. The Morgan fingerprint density at radius 1 is 1.31 bits per heavy atom. The molecule has 0 bridgehead atoms. The number of allylic oxidation sites excluding steroid dienone is 2. The van der Waals surface area contributed by atoms with E-state index in [9.17, 15) is 0 Å². The van der Waals surface area contributed by atoms with Crippen molar-refractivity contribution < 1.29 is 0 Å². The van der Waals surface area contributed by atoms with Gasteiger partial charge >= 0.3 is 0 Å². The molecule has 0 aliphatic heterocycles. The van der Waals surface area contributed by atoms with E-state index in [-0.39, 0.29) is 0 Å². The standard InChI is InChI=1S/C13H18/c1-4-7-11(3)13-9-6-8-12(5-2)10-13/h6-10H,4-5H2,1-3H3/b11-7+. The zero-order chi connectivity index (χ0) is 9.68. The molecule has 0 heteroatoms. The van der Waals surface area contributed by atoms with E-state index in [1.165, 1.54) is 16.7 Å². The minimum atomic E-state index is 1.11. The summed E-state index contributed by atoms with van der Waals surface area (Å²) >= 11 is 0. The fourth-order valence-electron chi connectivity index (χ4n) is 1.46. The van der Waals surface area contributed by atoms with Crippen molar-refractivity contribution in [3.05, 3.63) is 41.5 Å². The fraction of sp³-hybridized carbons (Fsp3) is 0.385. The van der Waals surface area contributed by atoms with Crippen molar-refractivity contribution in [3.8, 4) is 0 Å². The van der Waals surface area contributed by atoms with Crippen LogP contribution in [0, 0.1) is 0 Å². The molecule has 0 aliphatic rings. The van der Waals surface area contributed by atoms with E-state index in [4.69, 9.17) is 0 Å². The molecule has 0 atom stereocenters. The normalized spacial score (nSPS) is 11.8. The van der Waals surface area contributed by atoms with E-state index in [0.29, 0.717) is 0 Å². The maximum absolute atomic E-state index is 2.28. The van der Waals surface area contributed by atoms with Crippen molar-refractivity contribution in [1.82, 2.24) is 0 Å². The van der Waals surface area contributed by atoms with Gasteiger partial charge in [-0.2, -0.15) is 0 Å². The molecule has 70 valence electrons. The quantitative estimate of drug-likeness (QED) is 0.648. The van der Waals surface area contributed by atoms with E-state index in [2.05, 4.69) is 51.1 Å². The molecule has 0 N–H and O–H groups in total. The molecule has 0 aliphatic carbocycles. The molecule has 0 fully saturated rings. The van der Waals surface area contributed by atoms with Crippen molar-refractivity contribution >= 4 is 5.57 Å². The van der Waals surface area contributed by atoms with Crippen molar-refractivity contribution in [1.29, 1.82) is 0 Å². The second-order valence-corrected chi connectivity index (χ2v) is 3.35. The Morgan fingerprint density at radius 2 is 2.08 bits per heavy atom. The topological polar surface area (TPSA) is 0 Å². The maximum Gasteiger partial charge on any atom is -0.0228 e. The molecular formula is C13H18. The van der Waals surface area contributed by atoms with E-state index < -0.39 is 0 Å². The summed E-state index contributed by atoms with van der Waals surface area (Å²) in [7, 11) is 0. The number of benzene rings is 1.